The number of thioether (sulfide) groups is 1. The van der Waals surface area contributed by atoms with Gasteiger partial charge in [-0.05, 0) is 6.07 Å². The summed E-state index contributed by atoms with van der Waals surface area (Å²) >= 11 is 1.86. The van der Waals surface area contributed by atoms with Crippen molar-refractivity contribution in [2.45, 2.75) is 25.4 Å². The van der Waals surface area contributed by atoms with Crippen LogP contribution in [0.5, 0.6) is 5.75 Å². The predicted molar refractivity (Wildman–Crippen MR) is 103 cm³/mol. The highest BCUT2D eigenvalue weighted by molar-refractivity contribution is 7.99. The third-order valence-electron chi connectivity index (χ3n) is 3.99. The van der Waals surface area contributed by atoms with Crippen LogP contribution in [-0.2, 0) is 4.79 Å². The first-order chi connectivity index (χ1) is 12.2. The van der Waals surface area contributed by atoms with E-state index in [2.05, 4.69) is 20.8 Å². The third-order valence-corrected chi connectivity index (χ3v) is 5.12. The summed E-state index contributed by atoms with van der Waals surface area (Å²) in [6.45, 7) is 2.66. The van der Waals surface area contributed by atoms with Crippen molar-refractivity contribution in [1.82, 2.24) is 20.8 Å². The Hall–Kier alpha value is -1.77. The van der Waals surface area contributed by atoms with Gasteiger partial charge in [-0.3, -0.25) is 4.79 Å². The number of para-hydroxylation sites is 1. The van der Waals surface area contributed by atoms with Crippen molar-refractivity contribution in [3.8, 4) is 5.75 Å². The van der Waals surface area contributed by atoms with Crippen LogP contribution in [0.25, 0.3) is 0 Å². The molecule has 2 heterocycles. The van der Waals surface area contributed by atoms with Crippen LogP contribution in [0.15, 0.2) is 28.8 Å². The molecule has 1 fully saturated rings. The number of benzene rings is 1. The van der Waals surface area contributed by atoms with Crippen LogP contribution < -0.4 is 15.4 Å². The highest BCUT2D eigenvalue weighted by Crippen LogP contribution is 2.28. The summed E-state index contributed by atoms with van der Waals surface area (Å²) in [6.07, 6.45) is 0.412. The van der Waals surface area contributed by atoms with Gasteiger partial charge in [0.25, 0.3) is 0 Å². The normalized spacial score (nSPS) is 17.8. The van der Waals surface area contributed by atoms with E-state index >= 15 is 0 Å². The van der Waals surface area contributed by atoms with E-state index in [0.29, 0.717) is 23.9 Å². The van der Waals surface area contributed by atoms with Crippen molar-refractivity contribution in [3.63, 3.8) is 0 Å². The molecule has 1 aliphatic rings. The monoisotopic (exact) mass is 398 g/mol. The molecule has 9 heteroatoms. The molecule has 2 unspecified atom stereocenters. The number of hydrogen-bond acceptors (Lipinski definition) is 7. The average molecular weight is 399 g/mol. The van der Waals surface area contributed by atoms with Gasteiger partial charge in [0, 0.05) is 43.0 Å². The molecule has 0 radical (unpaired) electrons. The maximum absolute atomic E-state index is 12.6. The molecule has 142 valence electrons. The van der Waals surface area contributed by atoms with E-state index in [-0.39, 0.29) is 24.4 Å². The van der Waals surface area contributed by atoms with Crippen molar-refractivity contribution in [1.29, 1.82) is 0 Å². The molecule has 1 saturated heterocycles. The lowest BCUT2D eigenvalue weighted by molar-refractivity contribution is -0.122. The topological polar surface area (TPSA) is 89.3 Å². The Balaban J connectivity index is 0.00000243. The van der Waals surface area contributed by atoms with Gasteiger partial charge in [0.05, 0.1) is 7.11 Å². The Bertz CT molecular complexity index is 722. The number of hydrogen-bond donors (Lipinski definition) is 2. The molecule has 2 N–H and O–H groups in total. The first-order valence-corrected chi connectivity index (χ1v) is 9.36. The number of amides is 1. The standard InChI is InChI=1S/C17H22N4O3S.ClH/c1-11-19-17(21-24-11)16(13-5-3-4-6-14(13)23-2)20-15(22)9-12-10-25-8-7-18-12;/h3-6,12,16,18H,7-10H2,1-2H3,(H,20,22);1H. The average Bonchev–Trinajstić information content (AvgIpc) is 3.06. The molecule has 0 saturated carbocycles. The molecule has 3 rings (SSSR count). The lowest BCUT2D eigenvalue weighted by atomic mass is 10.0. The Kier molecular flexibility index (Phi) is 7.74. The molecule has 7 nitrogen and oxygen atoms in total. The fraction of sp³-hybridized carbons (Fsp3) is 0.471. The quantitative estimate of drug-likeness (QED) is 0.770. The maximum Gasteiger partial charge on any atom is 0.223 e. The minimum atomic E-state index is -0.516. The molecule has 0 spiro atoms. The second kappa shape index (κ2) is 9.80. The minimum absolute atomic E-state index is 0. The predicted octanol–water partition coefficient (Wildman–Crippen LogP) is 2.11. The zero-order valence-electron chi connectivity index (χ0n) is 14.7. The summed E-state index contributed by atoms with van der Waals surface area (Å²) in [4.78, 5) is 16.9. The van der Waals surface area contributed by atoms with Crippen molar-refractivity contribution in [2.75, 3.05) is 25.2 Å². The van der Waals surface area contributed by atoms with E-state index in [1.165, 1.54) is 0 Å². The van der Waals surface area contributed by atoms with Crippen molar-refractivity contribution in [3.05, 3.63) is 41.5 Å². The van der Waals surface area contributed by atoms with Gasteiger partial charge in [-0.15, -0.1) is 12.4 Å². The summed E-state index contributed by atoms with van der Waals surface area (Å²) in [5, 5.41) is 10.4. The van der Waals surface area contributed by atoms with E-state index in [1.807, 2.05) is 36.0 Å². The number of aromatic nitrogens is 2. The molecule has 1 amide bonds. The van der Waals surface area contributed by atoms with Crippen molar-refractivity contribution >= 4 is 30.1 Å². The van der Waals surface area contributed by atoms with Crippen LogP contribution in [-0.4, -0.2) is 47.2 Å². The molecule has 1 aromatic heterocycles. The maximum atomic E-state index is 12.6. The van der Waals surface area contributed by atoms with Crippen LogP contribution in [0, 0.1) is 6.92 Å². The summed E-state index contributed by atoms with van der Waals surface area (Å²) in [6, 6.07) is 7.18. The number of carbonyl (C=O) groups is 1. The van der Waals surface area contributed by atoms with Crippen LogP contribution in [0.2, 0.25) is 0 Å². The number of halogens is 1. The summed E-state index contributed by atoms with van der Waals surface area (Å²) < 4.78 is 10.5. The lowest BCUT2D eigenvalue weighted by Gasteiger charge is -2.24. The summed E-state index contributed by atoms with van der Waals surface area (Å²) in [7, 11) is 1.60. The van der Waals surface area contributed by atoms with Crippen LogP contribution in [0.4, 0.5) is 0 Å². The van der Waals surface area contributed by atoms with Crippen LogP contribution in [0.1, 0.15) is 29.7 Å². The second-order valence-electron chi connectivity index (χ2n) is 5.84. The van der Waals surface area contributed by atoms with Gasteiger partial charge in [-0.1, -0.05) is 23.4 Å². The van der Waals surface area contributed by atoms with E-state index in [0.717, 1.165) is 23.6 Å². The Morgan fingerprint density at radius 1 is 1.50 bits per heavy atom. The zero-order chi connectivity index (χ0) is 17.6. The molecule has 2 aromatic rings. The molecule has 0 aliphatic carbocycles. The van der Waals surface area contributed by atoms with Gasteiger partial charge in [0.15, 0.2) is 5.82 Å². The number of rotatable bonds is 6. The molecular formula is C17H23ClN4O3S. The number of nitrogens with one attached hydrogen (secondary N) is 2. The SMILES string of the molecule is COc1ccccc1C(NC(=O)CC1CSCCN1)c1noc(C)n1.Cl. The van der Waals surface area contributed by atoms with E-state index in [9.17, 15) is 4.79 Å². The fourth-order valence-electron chi connectivity index (χ4n) is 2.81. The van der Waals surface area contributed by atoms with E-state index in [4.69, 9.17) is 9.26 Å². The number of aryl methyl sites for hydroxylation is 1. The largest absolute Gasteiger partial charge is 0.496 e. The highest BCUT2D eigenvalue weighted by atomic mass is 35.5. The molecule has 2 atom stereocenters. The smallest absolute Gasteiger partial charge is 0.223 e. The first-order valence-electron chi connectivity index (χ1n) is 8.21. The Labute approximate surface area is 163 Å². The fourth-order valence-corrected chi connectivity index (χ4v) is 3.76. The third kappa shape index (κ3) is 5.12. The molecule has 1 aliphatic heterocycles. The van der Waals surface area contributed by atoms with Crippen molar-refractivity contribution in [2.24, 2.45) is 0 Å². The van der Waals surface area contributed by atoms with E-state index in [1.54, 1.807) is 14.0 Å². The van der Waals surface area contributed by atoms with Crippen LogP contribution >= 0.6 is 24.2 Å². The molecule has 0 bridgehead atoms. The highest BCUT2D eigenvalue weighted by Gasteiger charge is 2.26. The lowest BCUT2D eigenvalue weighted by Crippen LogP contribution is -2.42. The van der Waals surface area contributed by atoms with E-state index < -0.39 is 6.04 Å². The van der Waals surface area contributed by atoms with Gasteiger partial charge in [-0.25, -0.2) is 0 Å². The van der Waals surface area contributed by atoms with Gasteiger partial charge in [0.2, 0.25) is 11.8 Å². The van der Waals surface area contributed by atoms with Gasteiger partial charge >= 0.3 is 0 Å². The molecular weight excluding hydrogens is 376 g/mol. The van der Waals surface area contributed by atoms with Gasteiger partial charge < -0.3 is 19.9 Å². The van der Waals surface area contributed by atoms with Crippen molar-refractivity contribution < 1.29 is 14.1 Å². The number of nitrogens with zero attached hydrogens (tertiary/aromatic N) is 2. The Morgan fingerprint density at radius 3 is 2.96 bits per heavy atom. The molecule has 26 heavy (non-hydrogen) atoms. The van der Waals surface area contributed by atoms with Gasteiger partial charge in [0.1, 0.15) is 11.8 Å². The first kappa shape index (κ1) is 20.5. The molecule has 1 aromatic carbocycles. The Morgan fingerprint density at radius 2 is 2.31 bits per heavy atom. The zero-order valence-corrected chi connectivity index (χ0v) is 16.4. The summed E-state index contributed by atoms with van der Waals surface area (Å²) in [5.74, 6) is 3.51. The van der Waals surface area contributed by atoms with Gasteiger partial charge in [-0.2, -0.15) is 16.7 Å². The van der Waals surface area contributed by atoms with Crippen LogP contribution in [0.3, 0.4) is 0 Å². The number of carbonyl (C=O) groups excluding carboxylic acids is 1. The minimum Gasteiger partial charge on any atom is -0.496 e. The number of methoxy groups -OCH3 is 1. The number of ether oxygens (including phenoxy) is 1. The second-order valence-corrected chi connectivity index (χ2v) is 6.99. The summed E-state index contributed by atoms with van der Waals surface area (Å²) in [5.41, 5.74) is 0.796.